The number of piperidine rings is 2. The molecule has 1 aromatic heterocycles. The summed E-state index contributed by atoms with van der Waals surface area (Å²) >= 11 is 0. The summed E-state index contributed by atoms with van der Waals surface area (Å²) in [5.74, 6) is 0. The first kappa shape index (κ1) is 14.1. The van der Waals surface area contributed by atoms with Crippen molar-refractivity contribution in [1.82, 2.24) is 20.0 Å². The van der Waals surface area contributed by atoms with Gasteiger partial charge in [0.05, 0.1) is 11.4 Å². The topological polar surface area (TPSA) is 33.1 Å². The van der Waals surface area contributed by atoms with Crippen LogP contribution in [0, 0.1) is 5.41 Å². The van der Waals surface area contributed by atoms with Gasteiger partial charge in [-0.2, -0.15) is 5.10 Å². The van der Waals surface area contributed by atoms with Crippen molar-refractivity contribution in [3.05, 3.63) is 17.5 Å². The molecule has 0 bridgehead atoms. The van der Waals surface area contributed by atoms with Crippen LogP contribution in [0.3, 0.4) is 0 Å². The van der Waals surface area contributed by atoms with Crippen LogP contribution in [0.2, 0.25) is 0 Å². The minimum absolute atomic E-state index is 0.544. The molecule has 3 rings (SSSR count). The molecule has 2 fully saturated rings. The zero-order valence-electron chi connectivity index (χ0n) is 13.0. The smallest absolute Gasteiger partial charge is 0.0625 e. The van der Waals surface area contributed by atoms with E-state index in [0.29, 0.717) is 5.41 Å². The Bertz CT molecular complexity index is 440. The van der Waals surface area contributed by atoms with E-state index in [1.54, 1.807) is 0 Å². The molecule has 0 aliphatic carbocycles. The molecule has 1 aromatic rings. The Morgan fingerprint density at radius 1 is 1.35 bits per heavy atom. The van der Waals surface area contributed by atoms with Crippen LogP contribution in [0.25, 0.3) is 0 Å². The number of aromatic nitrogens is 2. The molecule has 1 N–H and O–H groups in total. The van der Waals surface area contributed by atoms with Crippen LogP contribution < -0.4 is 5.32 Å². The summed E-state index contributed by atoms with van der Waals surface area (Å²) in [5.41, 5.74) is 3.12. The van der Waals surface area contributed by atoms with E-state index in [4.69, 9.17) is 0 Å². The average molecular weight is 276 g/mol. The van der Waals surface area contributed by atoms with Crippen LogP contribution in [0.5, 0.6) is 0 Å². The van der Waals surface area contributed by atoms with E-state index in [1.807, 2.05) is 0 Å². The fourth-order valence-electron chi connectivity index (χ4n) is 3.95. The molecule has 2 aliphatic rings. The van der Waals surface area contributed by atoms with E-state index >= 15 is 0 Å². The van der Waals surface area contributed by atoms with Crippen molar-refractivity contribution < 1.29 is 0 Å². The molecule has 112 valence electrons. The Labute approximate surface area is 122 Å². The zero-order chi connectivity index (χ0) is 14.0. The molecule has 0 aromatic carbocycles. The second kappa shape index (κ2) is 5.86. The van der Waals surface area contributed by atoms with Gasteiger partial charge in [0.1, 0.15) is 0 Å². The van der Waals surface area contributed by atoms with Gasteiger partial charge in [0.25, 0.3) is 0 Å². The van der Waals surface area contributed by atoms with Crippen molar-refractivity contribution in [2.45, 2.75) is 45.6 Å². The number of hydrogen-bond donors (Lipinski definition) is 1. The average Bonchev–Trinajstić information content (AvgIpc) is 2.80. The number of aryl methyl sites for hydroxylation is 2. The summed E-state index contributed by atoms with van der Waals surface area (Å²) in [4.78, 5) is 2.65. The molecule has 0 amide bonds. The van der Waals surface area contributed by atoms with Gasteiger partial charge in [-0.1, -0.05) is 6.92 Å². The summed E-state index contributed by atoms with van der Waals surface area (Å²) in [6.07, 6.45) is 6.53. The van der Waals surface area contributed by atoms with Gasteiger partial charge in [-0.05, 0) is 56.7 Å². The largest absolute Gasteiger partial charge is 0.316 e. The van der Waals surface area contributed by atoms with Gasteiger partial charge < -0.3 is 5.32 Å². The van der Waals surface area contributed by atoms with E-state index < -0.39 is 0 Å². The SMILES string of the molecule is CCc1cc(CN2CCCC3(CCCNC3)C2)n(C)n1. The number of likely N-dealkylation sites (tertiary alicyclic amines) is 1. The maximum Gasteiger partial charge on any atom is 0.0625 e. The van der Waals surface area contributed by atoms with E-state index in [1.165, 1.54) is 63.3 Å². The summed E-state index contributed by atoms with van der Waals surface area (Å²) in [5, 5.41) is 8.19. The van der Waals surface area contributed by atoms with Crippen molar-refractivity contribution in [3.8, 4) is 0 Å². The first-order chi connectivity index (χ1) is 9.71. The van der Waals surface area contributed by atoms with Gasteiger partial charge in [-0.25, -0.2) is 0 Å². The summed E-state index contributed by atoms with van der Waals surface area (Å²) < 4.78 is 2.07. The fourth-order valence-corrected chi connectivity index (χ4v) is 3.95. The third-order valence-corrected chi connectivity index (χ3v) is 5.08. The second-order valence-electron chi connectivity index (χ2n) is 6.70. The van der Waals surface area contributed by atoms with Crippen molar-refractivity contribution in [2.24, 2.45) is 12.5 Å². The van der Waals surface area contributed by atoms with Crippen molar-refractivity contribution in [1.29, 1.82) is 0 Å². The van der Waals surface area contributed by atoms with Crippen molar-refractivity contribution in [2.75, 3.05) is 26.2 Å². The number of rotatable bonds is 3. The van der Waals surface area contributed by atoms with Crippen LogP contribution in [-0.4, -0.2) is 40.9 Å². The van der Waals surface area contributed by atoms with E-state index in [2.05, 4.69) is 40.0 Å². The van der Waals surface area contributed by atoms with E-state index in [-0.39, 0.29) is 0 Å². The standard InChI is InChI=1S/C16H28N4/c1-3-14-10-15(19(2)18-14)11-20-9-5-7-16(13-20)6-4-8-17-12-16/h10,17H,3-9,11-13H2,1-2H3. The van der Waals surface area contributed by atoms with Crippen molar-refractivity contribution in [3.63, 3.8) is 0 Å². The van der Waals surface area contributed by atoms with Gasteiger partial charge >= 0.3 is 0 Å². The summed E-state index contributed by atoms with van der Waals surface area (Å²) in [6, 6.07) is 2.28. The monoisotopic (exact) mass is 276 g/mol. The van der Waals surface area contributed by atoms with Gasteiger partial charge in [-0.3, -0.25) is 9.58 Å². The molecule has 20 heavy (non-hydrogen) atoms. The van der Waals surface area contributed by atoms with Crippen LogP contribution in [0.15, 0.2) is 6.07 Å². The van der Waals surface area contributed by atoms with Crippen LogP contribution in [0.4, 0.5) is 0 Å². The molecule has 0 saturated carbocycles. The molecule has 1 atom stereocenters. The molecular weight excluding hydrogens is 248 g/mol. The van der Waals surface area contributed by atoms with Gasteiger partial charge in [0, 0.05) is 26.7 Å². The molecular formula is C16H28N4. The maximum atomic E-state index is 4.58. The lowest BCUT2D eigenvalue weighted by molar-refractivity contribution is 0.0586. The minimum Gasteiger partial charge on any atom is -0.316 e. The highest BCUT2D eigenvalue weighted by molar-refractivity contribution is 5.10. The predicted octanol–water partition coefficient (Wildman–Crippen LogP) is 1.95. The predicted molar refractivity (Wildman–Crippen MR) is 81.6 cm³/mol. The highest BCUT2D eigenvalue weighted by Gasteiger charge is 2.36. The van der Waals surface area contributed by atoms with Gasteiger partial charge in [0.15, 0.2) is 0 Å². The zero-order valence-corrected chi connectivity index (χ0v) is 13.0. The first-order valence-electron chi connectivity index (χ1n) is 8.16. The number of nitrogens with one attached hydrogen (secondary N) is 1. The molecule has 4 nitrogen and oxygen atoms in total. The van der Waals surface area contributed by atoms with Crippen LogP contribution in [-0.2, 0) is 20.0 Å². The highest BCUT2D eigenvalue weighted by atomic mass is 15.3. The molecule has 2 aliphatic heterocycles. The molecule has 1 unspecified atom stereocenters. The molecule has 4 heteroatoms. The number of hydrogen-bond acceptors (Lipinski definition) is 3. The van der Waals surface area contributed by atoms with Crippen molar-refractivity contribution >= 4 is 0 Å². The Balaban J connectivity index is 1.66. The summed E-state index contributed by atoms with van der Waals surface area (Å²) in [7, 11) is 2.08. The quantitative estimate of drug-likeness (QED) is 0.916. The van der Waals surface area contributed by atoms with Gasteiger partial charge in [-0.15, -0.1) is 0 Å². The van der Waals surface area contributed by atoms with Crippen LogP contribution >= 0.6 is 0 Å². The Hall–Kier alpha value is -0.870. The second-order valence-corrected chi connectivity index (χ2v) is 6.70. The third-order valence-electron chi connectivity index (χ3n) is 5.08. The Morgan fingerprint density at radius 3 is 2.90 bits per heavy atom. The summed E-state index contributed by atoms with van der Waals surface area (Å²) in [6.45, 7) is 8.17. The number of nitrogens with zero attached hydrogens (tertiary/aromatic N) is 3. The molecule has 1 spiro atoms. The Kier molecular flexibility index (Phi) is 4.13. The molecule has 3 heterocycles. The minimum atomic E-state index is 0.544. The van der Waals surface area contributed by atoms with Crippen LogP contribution in [0.1, 0.15) is 44.0 Å². The first-order valence-corrected chi connectivity index (χ1v) is 8.16. The highest BCUT2D eigenvalue weighted by Crippen LogP contribution is 2.36. The lowest BCUT2D eigenvalue weighted by Gasteiger charge is -2.45. The normalized spacial score (nSPS) is 28.1. The van der Waals surface area contributed by atoms with E-state index in [0.717, 1.165) is 13.0 Å². The lowest BCUT2D eigenvalue weighted by atomic mass is 9.74. The maximum absolute atomic E-state index is 4.58. The lowest BCUT2D eigenvalue weighted by Crippen LogP contribution is -2.50. The Morgan fingerprint density at radius 2 is 2.20 bits per heavy atom. The molecule has 0 radical (unpaired) electrons. The third kappa shape index (κ3) is 2.91. The molecule has 2 saturated heterocycles. The van der Waals surface area contributed by atoms with Gasteiger partial charge in [0.2, 0.25) is 0 Å². The fraction of sp³-hybridized carbons (Fsp3) is 0.812. The van der Waals surface area contributed by atoms with E-state index in [9.17, 15) is 0 Å².